The number of hydrogen-bond donors (Lipinski definition) is 2. The molecule has 0 saturated carbocycles. The Morgan fingerprint density at radius 3 is 2.72 bits per heavy atom. The van der Waals surface area contributed by atoms with E-state index in [0.717, 1.165) is 25.1 Å². The highest BCUT2D eigenvalue weighted by molar-refractivity contribution is 5.94. The molecule has 2 rings (SSSR count). The summed E-state index contributed by atoms with van der Waals surface area (Å²) in [6.07, 6.45) is 4.86. The SMILES string of the molecule is Cl.O=C(NCCC1CCCCN1)c1ccccc1. The Hall–Kier alpha value is -1.06. The van der Waals surface area contributed by atoms with Gasteiger partial charge in [0.1, 0.15) is 0 Å². The van der Waals surface area contributed by atoms with E-state index in [4.69, 9.17) is 0 Å². The normalized spacial score (nSPS) is 18.8. The summed E-state index contributed by atoms with van der Waals surface area (Å²) in [5.74, 6) is 0.0291. The van der Waals surface area contributed by atoms with E-state index >= 15 is 0 Å². The number of amides is 1. The van der Waals surface area contributed by atoms with Crippen LogP contribution in [0.4, 0.5) is 0 Å². The molecule has 0 radical (unpaired) electrons. The molecule has 1 aliphatic heterocycles. The Morgan fingerprint density at radius 2 is 2.06 bits per heavy atom. The number of benzene rings is 1. The fraction of sp³-hybridized carbons (Fsp3) is 0.500. The van der Waals surface area contributed by atoms with Crippen molar-refractivity contribution in [3.05, 3.63) is 35.9 Å². The van der Waals surface area contributed by atoms with E-state index in [9.17, 15) is 4.79 Å². The molecule has 100 valence electrons. The number of carbonyl (C=O) groups excluding carboxylic acids is 1. The van der Waals surface area contributed by atoms with E-state index in [1.54, 1.807) is 0 Å². The summed E-state index contributed by atoms with van der Waals surface area (Å²) >= 11 is 0. The molecule has 0 bridgehead atoms. The summed E-state index contributed by atoms with van der Waals surface area (Å²) in [5.41, 5.74) is 0.740. The number of halogens is 1. The minimum Gasteiger partial charge on any atom is -0.352 e. The van der Waals surface area contributed by atoms with Crippen LogP contribution in [0.5, 0.6) is 0 Å². The summed E-state index contributed by atoms with van der Waals surface area (Å²) in [6.45, 7) is 1.88. The topological polar surface area (TPSA) is 41.1 Å². The van der Waals surface area contributed by atoms with Crippen molar-refractivity contribution in [3.63, 3.8) is 0 Å². The highest BCUT2D eigenvalue weighted by Gasteiger charge is 2.12. The number of rotatable bonds is 4. The lowest BCUT2D eigenvalue weighted by molar-refractivity contribution is 0.0951. The zero-order valence-electron chi connectivity index (χ0n) is 10.5. The molecule has 1 heterocycles. The van der Waals surface area contributed by atoms with Gasteiger partial charge in [0.15, 0.2) is 0 Å². The fourth-order valence-electron chi connectivity index (χ4n) is 2.22. The van der Waals surface area contributed by atoms with Crippen molar-refractivity contribution >= 4 is 18.3 Å². The monoisotopic (exact) mass is 268 g/mol. The Morgan fingerprint density at radius 1 is 1.28 bits per heavy atom. The van der Waals surface area contributed by atoms with Crippen molar-refractivity contribution in [2.75, 3.05) is 13.1 Å². The Balaban J connectivity index is 0.00000162. The van der Waals surface area contributed by atoms with Gasteiger partial charge in [0.2, 0.25) is 0 Å². The molecule has 4 heteroatoms. The first kappa shape index (κ1) is 15.0. The predicted octanol–water partition coefficient (Wildman–Crippen LogP) is 2.37. The Kier molecular flexibility index (Phi) is 6.76. The maximum atomic E-state index is 11.8. The molecule has 1 fully saturated rings. The molecule has 18 heavy (non-hydrogen) atoms. The first-order chi connectivity index (χ1) is 8.36. The minimum atomic E-state index is 0. The lowest BCUT2D eigenvalue weighted by Gasteiger charge is -2.23. The van der Waals surface area contributed by atoms with Gasteiger partial charge < -0.3 is 10.6 Å². The average Bonchev–Trinajstić information content (AvgIpc) is 2.41. The highest BCUT2D eigenvalue weighted by Crippen LogP contribution is 2.09. The van der Waals surface area contributed by atoms with Crippen LogP contribution in [-0.2, 0) is 0 Å². The largest absolute Gasteiger partial charge is 0.352 e. The summed E-state index contributed by atoms with van der Waals surface area (Å²) < 4.78 is 0. The lowest BCUT2D eigenvalue weighted by Crippen LogP contribution is -2.37. The maximum Gasteiger partial charge on any atom is 0.251 e. The molecule has 1 unspecified atom stereocenters. The van der Waals surface area contributed by atoms with Crippen LogP contribution in [0, 0.1) is 0 Å². The number of hydrogen-bond acceptors (Lipinski definition) is 2. The molecule has 0 aliphatic carbocycles. The summed E-state index contributed by atoms with van der Waals surface area (Å²) in [4.78, 5) is 11.8. The second-order valence-electron chi connectivity index (χ2n) is 4.56. The van der Waals surface area contributed by atoms with Gasteiger partial charge in [0.25, 0.3) is 5.91 Å². The molecule has 2 N–H and O–H groups in total. The number of nitrogens with one attached hydrogen (secondary N) is 2. The van der Waals surface area contributed by atoms with Crippen molar-refractivity contribution in [3.8, 4) is 0 Å². The molecule has 1 aliphatic rings. The van der Waals surface area contributed by atoms with Gasteiger partial charge in [-0.25, -0.2) is 0 Å². The van der Waals surface area contributed by atoms with E-state index < -0.39 is 0 Å². The molecule has 0 spiro atoms. The minimum absolute atomic E-state index is 0. The van der Waals surface area contributed by atoms with Crippen LogP contribution in [0.15, 0.2) is 30.3 Å². The van der Waals surface area contributed by atoms with E-state index in [-0.39, 0.29) is 18.3 Å². The molecule has 1 aromatic carbocycles. The third kappa shape index (κ3) is 4.67. The van der Waals surface area contributed by atoms with Crippen molar-refractivity contribution < 1.29 is 4.79 Å². The van der Waals surface area contributed by atoms with E-state index in [0.29, 0.717) is 6.04 Å². The van der Waals surface area contributed by atoms with Gasteiger partial charge in [-0.2, -0.15) is 0 Å². The quantitative estimate of drug-likeness (QED) is 0.880. The number of piperidine rings is 1. The van der Waals surface area contributed by atoms with Crippen molar-refractivity contribution in [1.29, 1.82) is 0 Å². The van der Waals surface area contributed by atoms with E-state index in [1.807, 2.05) is 30.3 Å². The van der Waals surface area contributed by atoms with Crippen LogP contribution < -0.4 is 10.6 Å². The Bertz CT molecular complexity index is 350. The standard InChI is InChI=1S/C14H20N2O.ClH/c17-14(12-6-2-1-3-7-12)16-11-9-13-8-4-5-10-15-13;/h1-3,6-7,13,15H,4-5,8-11H2,(H,16,17);1H. The lowest BCUT2D eigenvalue weighted by atomic mass is 10.0. The third-order valence-electron chi connectivity index (χ3n) is 3.23. The molecule has 3 nitrogen and oxygen atoms in total. The van der Waals surface area contributed by atoms with Crippen molar-refractivity contribution in [2.24, 2.45) is 0 Å². The van der Waals surface area contributed by atoms with Gasteiger partial charge in [-0.1, -0.05) is 24.6 Å². The van der Waals surface area contributed by atoms with Gasteiger partial charge in [-0.15, -0.1) is 12.4 Å². The van der Waals surface area contributed by atoms with Gasteiger partial charge in [0.05, 0.1) is 0 Å². The predicted molar refractivity (Wildman–Crippen MR) is 76.3 cm³/mol. The van der Waals surface area contributed by atoms with Gasteiger partial charge in [-0.3, -0.25) is 4.79 Å². The molecule has 1 atom stereocenters. The molecule has 1 saturated heterocycles. The molecule has 1 amide bonds. The smallest absolute Gasteiger partial charge is 0.251 e. The summed E-state index contributed by atoms with van der Waals surface area (Å²) in [6, 6.07) is 9.96. The molecular weight excluding hydrogens is 248 g/mol. The second-order valence-corrected chi connectivity index (χ2v) is 4.56. The van der Waals surface area contributed by atoms with Gasteiger partial charge in [-0.05, 0) is 37.9 Å². The summed E-state index contributed by atoms with van der Waals surface area (Å²) in [5, 5.41) is 6.45. The van der Waals surface area contributed by atoms with Crippen LogP contribution in [0.2, 0.25) is 0 Å². The number of carbonyl (C=O) groups is 1. The molecule has 1 aromatic rings. The maximum absolute atomic E-state index is 11.8. The van der Waals surface area contributed by atoms with E-state index in [1.165, 1.54) is 19.3 Å². The van der Waals surface area contributed by atoms with Gasteiger partial charge >= 0.3 is 0 Å². The second kappa shape index (κ2) is 8.11. The molecule has 0 aromatic heterocycles. The van der Waals surface area contributed by atoms with Gasteiger partial charge in [0, 0.05) is 18.2 Å². The van der Waals surface area contributed by atoms with E-state index in [2.05, 4.69) is 10.6 Å². The summed E-state index contributed by atoms with van der Waals surface area (Å²) in [7, 11) is 0. The van der Waals surface area contributed by atoms with Crippen molar-refractivity contribution in [1.82, 2.24) is 10.6 Å². The van der Waals surface area contributed by atoms with Crippen LogP contribution >= 0.6 is 12.4 Å². The van der Waals surface area contributed by atoms with Crippen LogP contribution in [-0.4, -0.2) is 25.0 Å². The average molecular weight is 269 g/mol. The first-order valence-electron chi connectivity index (χ1n) is 6.43. The highest BCUT2D eigenvalue weighted by atomic mass is 35.5. The molecular formula is C14H21ClN2O. The van der Waals surface area contributed by atoms with Crippen LogP contribution in [0.25, 0.3) is 0 Å². The van der Waals surface area contributed by atoms with Crippen LogP contribution in [0.1, 0.15) is 36.0 Å². The zero-order valence-corrected chi connectivity index (χ0v) is 11.3. The Labute approximate surface area is 115 Å². The zero-order chi connectivity index (χ0) is 11.9. The first-order valence-corrected chi connectivity index (χ1v) is 6.43. The third-order valence-corrected chi connectivity index (χ3v) is 3.23. The van der Waals surface area contributed by atoms with Crippen molar-refractivity contribution in [2.45, 2.75) is 31.7 Å². The van der Waals surface area contributed by atoms with Crippen LogP contribution in [0.3, 0.4) is 0 Å². The fourth-order valence-corrected chi connectivity index (χ4v) is 2.22.